The fourth-order valence-corrected chi connectivity index (χ4v) is 2.52. The summed E-state index contributed by atoms with van der Waals surface area (Å²) in [5.74, 6) is -0.159. The molecule has 2 rings (SSSR count). The Hall–Kier alpha value is -1.49. The van der Waals surface area contributed by atoms with Gasteiger partial charge in [-0.05, 0) is 13.0 Å². The topological polar surface area (TPSA) is 41.7 Å². The number of nitrogen functional groups attached to an aromatic ring is 1. The Morgan fingerprint density at radius 2 is 1.95 bits per heavy atom. The summed E-state index contributed by atoms with van der Waals surface area (Å²) in [6.07, 6.45) is 1.17. The van der Waals surface area contributed by atoms with Crippen LogP contribution >= 0.6 is 0 Å². The smallest absolute Gasteiger partial charge is 0.167 e. The van der Waals surface area contributed by atoms with Crippen LogP contribution in [0.15, 0.2) is 12.1 Å². The Kier molecular flexibility index (Phi) is 4.47. The third kappa shape index (κ3) is 3.10. The number of halogens is 1. The van der Waals surface area contributed by atoms with Crippen LogP contribution in [0, 0.1) is 5.82 Å². The second-order valence-electron chi connectivity index (χ2n) is 4.87. The van der Waals surface area contributed by atoms with Crippen molar-refractivity contribution in [2.75, 3.05) is 50.5 Å². The molecule has 1 saturated heterocycles. The number of ether oxygens (including phenoxy) is 1. The number of anilines is 2. The maximum absolute atomic E-state index is 13.5. The molecule has 1 aliphatic rings. The van der Waals surface area contributed by atoms with Crippen LogP contribution < -0.4 is 15.4 Å². The van der Waals surface area contributed by atoms with E-state index in [1.165, 1.54) is 19.6 Å². The van der Waals surface area contributed by atoms with Crippen LogP contribution in [0.3, 0.4) is 0 Å². The van der Waals surface area contributed by atoms with Crippen LogP contribution in [-0.2, 0) is 0 Å². The standard InChI is InChI=1S/C14H22FN3O/c1-3-4-17-5-7-18(8-6-17)13-10-14(19-2)11(15)9-12(13)16/h9-10H,3-8,16H2,1-2H3. The van der Waals surface area contributed by atoms with E-state index in [0.717, 1.165) is 38.4 Å². The van der Waals surface area contributed by atoms with Gasteiger partial charge in [0.15, 0.2) is 11.6 Å². The molecule has 4 nitrogen and oxygen atoms in total. The second kappa shape index (κ2) is 6.10. The Labute approximate surface area is 113 Å². The molecule has 1 aromatic carbocycles. The highest BCUT2D eigenvalue weighted by molar-refractivity contribution is 5.70. The predicted molar refractivity (Wildman–Crippen MR) is 76.3 cm³/mol. The Bertz CT molecular complexity index is 431. The Morgan fingerprint density at radius 1 is 1.26 bits per heavy atom. The van der Waals surface area contributed by atoms with E-state index >= 15 is 0 Å². The van der Waals surface area contributed by atoms with Crippen LogP contribution in [-0.4, -0.2) is 44.7 Å². The summed E-state index contributed by atoms with van der Waals surface area (Å²) in [5, 5.41) is 0. The zero-order chi connectivity index (χ0) is 13.8. The van der Waals surface area contributed by atoms with Crippen LogP contribution in [0.2, 0.25) is 0 Å². The first-order valence-electron chi connectivity index (χ1n) is 6.76. The third-order valence-electron chi connectivity index (χ3n) is 3.55. The molecule has 1 aliphatic heterocycles. The maximum Gasteiger partial charge on any atom is 0.167 e. The molecular weight excluding hydrogens is 245 g/mol. The number of nitrogens with two attached hydrogens (primary N) is 1. The summed E-state index contributed by atoms with van der Waals surface area (Å²) in [4.78, 5) is 4.64. The molecule has 1 heterocycles. The number of piperazine rings is 1. The Balaban J connectivity index is 2.11. The monoisotopic (exact) mass is 267 g/mol. The van der Waals surface area contributed by atoms with Gasteiger partial charge < -0.3 is 15.4 Å². The van der Waals surface area contributed by atoms with Gasteiger partial charge in [0.05, 0.1) is 18.5 Å². The van der Waals surface area contributed by atoms with E-state index in [2.05, 4.69) is 16.7 Å². The van der Waals surface area contributed by atoms with Gasteiger partial charge in [0.25, 0.3) is 0 Å². The molecule has 0 aromatic heterocycles. The number of hydrogen-bond donors (Lipinski definition) is 1. The van der Waals surface area contributed by atoms with Crippen molar-refractivity contribution in [3.8, 4) is 5.75 Å². The van der Waals surface area contributed by atoms with Crippen molar-refractivity contribution in [2.45, 2.75) is 13.3 Å². The van der Waals surface area contributed by atoms with E-state index in [9.17, 15) is 4.39 Å². The number of benzene rings is 1. The van der Waals surface area contributed by atoms with Crippen molar-refractivity contribution in [2.24, 2.45) is 0 Å². The molecule has 19 heavy (non-hydrogen) atoms. The molecule has 5 heteroatoms. The minimum Gasteiger partial charge on any atom is -0.494 e. The van der Waals surface area contributed by atoms with E-state index in [1.807, 2.05) is 0 Å². The summed E-state index contributed by atoms with van der Waals surface area (Å²) >= 11 is 0. The number of hydrogen-bond acceptors (Lipinski definition) is 4. The van der Waals surface area contributed by atoms with Crippen molar-refractivity contribution in [1.29, 1.82) is 0 Å². The fourth-order valence-electron chi connectivity index (χ4n) is 2.52. The first kappa shape index (κ1) is 13.9. The van der Waals surface area contributed by atoms with E-state index in [4.69, 9.17) is 10.5 Å². The van der Waals surface area contributed by atoms with Crippen molar-refractivity contribution >= 4 is 11.4 Å². The second-order valence-corrected chi connectivity index (χ2v) is 4.87. The largest absolute Gasteiger partial charge is 0.494 e. The summed E-state index contributed by atoms with van der Waals surface area (Å²) in [6, 6.07) is 3.03. The van der Waals surface area contributed by atoms with Crippen LogP contribution in [0.5, 0.6) is 5.75 Å². The van der Waals surface area contributed by atoms with E-state index < -0.39 is 5.82 Å². The van der Waals surface area contributed by atoms with Gasteiger partial charge in [-0.1, -0.05) is 6.92 Å². The van der Waals surface area contributed by atoms with Crippen molar-refractivity contribution in [3.63, 3.8) is 0 Å². The molecule has 1 aromatic rings. The van der Waals surface area contributed by atoms with E-state index in [-0.39, 0.29) is 5.75 Å². The van der Waals surface area contributed by atoms with Crippen LogP contribution in [0.25, 0.3) is 0 Å². The average Bonchev–Trinajstić information content (AvgIpc) is 2.41. The highest BCUT2D eigenvalue weighted by Gasteiger charge is 2.19. The summed E-state index contributed by atoms with van der Waals surface area (Å²) in [5.41, 5.74) is 7.26. The number of rotatable bonds is 4. The first-order valence-corrected chi connectivity index (χ1v) is 6.76. The normalized spacial score (nSPS) is 16.7. The molecule has 0 saturated carbocycles. The van der Waals surface area contributed by atoms with Crippen molar-refractivity contribution in [3.05, 3.63) is 17.9 Å². The molecular formula is C14H22FN3O. The first-order chi connectivity index (χ1) is 9.15. The van der Waals surface area contributed by atoms with Crippen molar-refractivity contribution < 1.29 is 9.13 Å². The van der Waals surface area contributed by atoms with E-state index in [1.54, 1.807) is 6.07 Å². The molecule has 0 amide bonds. The Morgan fingerprint density at radius 3 is 2.53 bits per heavy atom. The molecule has 0 unspecified atom stereocenters. The van der Waals surface area contributed by atoms with E-state index in [0.29, 0.717) is 5.69 Å². The van der Waals surface area contributed by atoms with Gasteiger partial charge in [-0.15, -0.1) is 0 Å². The summed E-state index contributed by atoms with van der Waals surface area (Å²) in [7, 11) is 1.47. The molecule has 0 aliphatic carbocycles. The zero-order valence-electron chi connectivity index (χ0n) is 11.7. The van der Waals surface area contributed by atoms with Gasteiger partial charge in [0.1, 0.15) is 0 Å². The lowest BCUT2D eigenvalue weighted by atomic mass is 10.2. The van der Waals surface area contributed by atoms with Crippen molar-refractivity contribution in [1.82, 2.24) is 4.90 Å². The molecule has 0 bridgehead atoms. The maximum atomic E-state index is 13.5. The van der Waals surface area contributed by atoms with Gasteiger partial charge in [-0.3, -0.25) is 4.90 Å². The molecule has 2 N–H and O–H groups in total. The average molecular weight is 267 g/mol. The minimum atomic E-state index is -0.409. The number of nitrogens with zero attached hydrogens (tertiary/aromatic N) is 2. The SMILES string of the molecule is CCCN1CCN(c2cc(OC)c(F)cc2N)CC1. The molecule has 0 radical (unpaired) electrons. The van der Waals surface area contributed by atoms with Gasteiger partial charge in [-0.25, -0.2) is 4.39 Å². The highest BCUT2D eigenvalue weighted by Crippen LogP contribution is 2.31. The molecule has 0 spiro atoms. The number of methoxy groups -OCH3 is 1. The lowest BCUT2D eigenvalue weighted by Crippen LogP contribution is -2.46. The van der Waals surface area contributed by atoms with Gasteiger partial charge in [0.2, 0.25) is 0 Å². The summed E-state index contributed by atoms with van der Waals surface area (Å²) < 4.78 is 18.6. The predicted octanol–water partition coefficient (Wildman–Crippen LogP) is 1.95. The fraction of sp³-hybridized carbons (Fsp3) is 0.571. The van der Waals surface area contributed by atoms with Gasteiger partial charge >= 0.3 is 0 Å². The van der Waals surface area contributed by atoms with Gasteiger partial charge in [-0.2, -0.15) is 0 Å². The highest BCUT2D eigenvalue weighted by atomic mass is 19.1. The van der Waals surface area contributed by atoms with Gasteiger partial charge in [0, 0.05) is 38.3 Å². The lowest BCUT2D eigenvalue weighted by Gasteiger charge is -2.36. The zero-order valence-corrected chi connectivity index (χ0v) is 11.7. The van der Waals surface area contributed by atoms with Crippen LogP contribution in [0.1, 0.15) is 13.3 Å². The lowest BCUT2D eigenvalue weighted by molar-refractivity contribution is 0.258. The quantitative estimate of drug-likeness (QED) is 0.847. The summed E-state index contributed by atoms with van der Waals surface area (Å²) in [6.45, 7) is 7.20. The van der Waals surface area contributed by atoms with Crippen LogP contribution in [0.4, 0.5) is 15.8 Å². The third-order valence-corrected chi connectivity index (χ3v) is 3.55. The minimum absolute atomic E-state index is 0.250. The molecule has 1 fully saturated rings. The molecule has 0 atom stereocenters. The molecule has 106 valence electrons.